The van der Waals surface area contributed by atoms with Crippen LogP contribution in [0.25, 0.3) is 0 Å². The molecule has 2 heterocycles. The van der Waals surface area contributed by atoms with E-state index in [-0.39, 0.29) is 24.2 Å². The number of aromatic nitrogens is 3. The summed E-state index contributed by atoms with van der Waals surface area (Å²) in [6.45, 7) is 12.7. The van der Waals surface area contributed by atoms with Crippen LogP contribution in [0.1, 0.15) is 64.1 Å². The Morgan fingerprint density at radius 2 is 1.90 bits per heavy atom. The summed E-state index contributed by atoms with van der Waals surface area (Å²) in [5.74, 6) is 1.03. The maximum Gasteiger partial charge on any atom is 0.274 e. The number of hydrogen-bond donors (Lipinski definition) is 1. The molecule has 1 amide bonds. The molecule has 3 rings (SSSR count). The fourth-order valence-electron chi connectivity index (χ4n) is 3.37. The van der Waals surface area contributed by atoms with Crippen molar-refractivity contribution in [3.05, 3.63) is 63.8 Å². The Hall–Kier alpha value is -3.09. The third-order valence-corrected chi connectivity index (χ3v) is 4.90. The van der Waals surface area contributed by atoms with Gasteiger partial charge in [0.15, 0.2) is 5.69 Å². The number of carbonyl (C=O) groups is 1. The molecule has 0 aliphatic heterocycles. The summed E-state index contributed by atoms with van der Waals surface area (Å²) in [5.41, 5.74) is 5.02. The first kappa shape index (κ1) is 20.6. The molecule has 0 aliphatic carbocycles. The average Bonchev–Trinajstić information content (AvgIpc) is 3.21. The Labute approximate surface area is 171 Å². The first-order valence-corrected chi connectivity index (χ1v) is 9.79. The fraction of sp³-hybridized carbons (Fsp3) is 0.409. The summed E-state index contributed by atoms with van der Waals surface area (Å²) >= 11 is 0. The van der Waals surface area contributed by atoms with E-state index in [9.17, 15) is 4.79 Å². The number of nitrogens with one attached hydrogen (secondary N) is 1. The van der Waals surface area contributed by atoms with Crippen LogP contribution in [-0.4, -0.2) is 20.8 Å². The van der Waals surface area contributed by atoms with Gasteiger partial charge in [-0.3, -0.25) is 9.48 Å². The summed E-state index contributed by atoms with van der Waals surface area (Å²) < 4.78 is 13.1. The summed E-state index contributed by atoms with van der Waals surface area (Å²) in [4.78, 5) is 12.9. The zero-order valence-electron chi connectivity index (χ0n) is 17.9. The van der Waals surface area contributed by atoms with Crippen molar-refractivity contribution in [2.24, 2.45) is 0 Å². The lowest BCUT2D eigenvalue weighted by Crippen LogP contribution is -2.28. The number of aryl methyl sites for hydroxylation is 5. The van der Waals surface area contributed by atoms with E-state index in [2.05, 4.69) is 21.6 Å². The van der Waals surface area contributed by atoms with Gasteiger partial charge in [-0.2, -0.15) is 5.10 Å². The highest BCUT2D eigenvalue weighted by molar-refractivity contribution is 5.94. The molecule has 0 aliphatic rings. The van der Waals surface area contributed by atoms with Gasteiger partial charge in [0.05, 0.1) is 17.3 Å². The van der Waals surface area contributed by atoms with Gasteiger partial charge in [-0.1, -0.05) is 11.2 Å². The highest BCUT2D eigenvalue weighted by atomic mass is 16.5. The quantitative estimate of drug-likeness (QED) is 0.647. The van der Waals surface area contributed by atoms with Gasteiger partial charge in [0.25, 0.3) is 5.91 Å². The number of amides is 1. The normalized spacial score (nSPS) is 12.1. The zero-order valence-corrected chi connectivity index (χ0v) is 17.9. The number of carbonyl (C=O) groups excluding carboxylic acids is 1. The molecule has 29 heavy (non-hydrogen) atoms. The van der Waals surface area contributed by atoms with Crippen molar-refractivity contribution in [3.63, 3.8) is 0 Å². The zero-order chi connectivity index (χ0) is 21.1. The molecule has 0 bridgehead atoms. The van der Waals surface area contributed by atoms with Crippen molar-refractivity contribution in [1.82, 2.24) is 20.3 Å². The van der Waals surface area contributed by atoms with Crippen LogP contribution in [-0.2, 0) is 13.2 Å². The Balaban J connectivity index is 1.73. The summed E-state index contributed by atoms with van der Waals surface area (Å²) in [6, 6.07) is 5.81. The van der Waals surface area contributed by atoms with E-state index in [1.165, 1.54) is 0 Å². The van der Waals surface area contributed by atoms with Gasteiger partial charge in [-0.05, 0) is 64.8 Å². The summed E-state index contributed by atoms with van der Waals surface area (Å²) in [5, 5.41) is 11.4. The predicted molar refractivity (Wildman–Crippen MR) is 110 cm³/mol. The number of nitrogens with zero attached hydrogens (tertiary/aromatic N) is 3. The summed E-state index contributed by atoms with van der Waals surface area (Å²) in [6.07, 6.45) is 1.96. The highest BCUT2D eigenvalue weighted by Gasteiger charge is 2.23. The topological polar surface area (TPSA) is 82.2 Å². The molecule has 1 aromatic carbocycles. The molecule has 2 aromatic heterocycles. The van der Waals surface area contributed by atoms with Crippen LogP contribution in [0.2, 0.25) is 0 Å². The second-order valence-corrected chi connectivity index (χ2v) is 7.40. The largest absolute Gasteiger partial charge is 0.489 e. The van der Waals surface area contributed by atoms with Crippen molar-refractivity contribution in [3.8, 4) is 5.75 Å². The molecule has 0 saturated carbocycles. The van der Waals surface area contributed by atoms with Crippen LogP contribution >= 0.6 is 0 Å². The average molecular weight is 396 g/mol. The smallest absolute Gasteiger partial charge is 0.274 e. The van der Waals surface area contributed by atoms with Gasteiger partial charge in [0.1, 0.15) is 18.1 Å². The number of ether oxygens (including phenoxy) is 1. The lowest BCUT2D eigenvalue weighted by Gasteiger charge is -2.13. The maximum absolute atomic E-state index is 12.9. The van der Waals surface area contributed by atoms with E-state index in [1.54, 1.807) is 6.92 Å². The van der Waals surface area contributed by atoms with Crippen molar-refractivity contribution in [2.45, 2.75) is 60.7 Å². The first-order valence-electron chi connectivity index (χ1n) is 9.79. The molecular formula is C22H28N4O3. The number of benzene rings is 1. The Morgan fingerprint density at radius 1 is 1.21 bits per heavy atom. The molecule has 3 aromatic rings. The van der Waals surface area contributed by atoms with E-state index in [4.69, 9.17) is 9.26 Å². The van der Waals surface area contributed by atoms with Gasteiger partial charge in [-0.25, -0.2) is 0 Å². The van der Waals surface area contributed by atoms with Crippen LogP contribution < -0.4 is 10.1 Å². The van der Waals surface area contributed by atoms with Crippen molar-refractivity contribution in [1.29, 1.82) is 0 Å². The molecule has 0 fully saturated rings. The molecule has 154 valence electrons. The number of hydrogen-bond acceptors (Lipinski definition) is 5. The Bertz CT molecular complexity index is 999. The molecule has 7 nitrogen and oxygen atoms in total. The van der Waals surface area contributed by atoms with E-state index in [0.29, 0.717) is 11.3 Å². The highest BCUT2D eigenvalue weighted by Crippen LogP contribution is 2.22. The van der Waals surface area contributed by atoms with Crippen molar-refractivity contribution < 1.29 is 14.1 Å². The fourth-order valence-corrected chi connectivity index (χ4v) is 3.37. The van der Waals surface area contributed by atoms with E-state index >= 15 is 0 Å². The minimum absolute atomic E-state index is 0.201. The summed E-state index contributed by atoms with van der Waals surface area (Å²) in [7, 11) is 0. The Kier molecular flexibility index (Phi) is 6.06. The second-order valence-electron chi connectivity index (χ2n) is 7.40. The van der Waals surface area contributed by atoms with Crippen LogP contribution in [0.15, 0.2) is 28.9 Å². The van der Waals surface area contributed by atoms with Gasteiger partial charge >= 0.3 is 0 Å². The van der Waals surface area contributed by atoms with Crippen molar-refractivity contribution in [2.75, 3.05) is 0 Å². The van der Waals surface area contributed by atoms with Crippen LogP contribution in [0.3, 0.4) is 0 Å². The lowest BCUT2D eigenvalue weighted by molar-refractivity contribution is 0.0928. The molecule has 0 radical (unpaired) electrons. The number of rotatable bonds is 7. The van der Waals surface area contributed by atoms with Gasteiger partial charge in [0, 0.05) is 18.3 Å². The van der Waals surface area contributed by atoms with Crippen LogP contribution in [0, 0.1) is 27.7 Å². The Morgan fingerprint density at radius 3 is 2.52 bits per heavy atom. The van der Waals surface area contributed by atoms with Gasteiger partial charge in [-0.15, -0.1) is 0 Å². The monoisotopic (exact) mass is 396 g/mol. The van der Waals surface area contributed by atoms with Crippen LogP contribution in [0.4, 0.5) is 0 Å². The minimum Gasteiger partial charge on any atom is -0.489 e. The molecular weight excluding hydrogens is 368 g/mol. The van der Waals surface area contributed by atoms with Gasteiger partial charge in [0.2, 0.25) is 0 Å². The lowest BCUT2D eigenvalue weighted by atomic mass is 10.1. The SMILES string of the molecule is CCn1cc(C(C)NC(=O)c2noc(C)c2COc2cc(C)cc(C)c2)c(C)n1. The third kappa shape index (κ3) is 4.67. The molecule has 0 saturated heterocycles. The molecule has 0 spiro atoms. The predicted octanol–water partition coefficient (Wildman–Crippen LogP) is 4.19. The first-order chi connectivity index (χ1) is 13.8. The van der Waals surface area contributed by atoms with E-state index in [0.717, 1.165) is 34.7 Å². The third-order valence-electron chi connectivity index (χ3n) is 4.90. The van der Waals surface area contributed by atoms with E-state index < -0.39 is 0 Å². The minimum atomic E-state index is -0.294. The van der Waals surface area contributed by atoms with Crippen LogP contribution in [0.5, 0.6) is 5.75 Å². The molecule has 7 heteroatoms. The standard InChI is InChI=1S/C22H28N4O3/c1-7-26-11-19(16(5)24-26)15(4)23-22(27)21-20(17(6)29-25-21)12-28-18-9-13(2)8-14(3)10-18/h8-11,15H,7,12H2,1-6H3,(H,23,27). The van der Waals surface area contributed by atoms with E-state index in [1.807, 2.05) is 57.6 Å². The maximum atomic E-state index is 12.9. The molecule has 1 N–H and O–H groups in total. The second kappa shape index (κ2) is 8.51. The van der Waals surface area contributed by atoms with Gasteiger partial charge < -0.3 is 14.6 Å². The van der Waals surface area contributed by atoms with Crippen molar-refractivity contribution >= 4 is 5.91 Å². The molecule has 1 atom stereocenters. The molecule has 1 unspecified atom stereocenters.